The van der Waals surface area contributed by atoms with E-state index in [-0.39, 0.29) is 0 Å². The van der Waals surface area contributed by atoms with Gasteiger partial charge in [-0.2, -0.15) is 0 Å². The highest BCUT2D eigenvalue weighted by atomic mass is 16.5. The lowest BCUT2D eigenvalue weighted by molar-refractivity contribution is 0.487. The van der Waals surface area contributed by atoms with Gasteiger partial charge in [0.15, 0.2) is 5.82 Å². The first-order chi connectivity index (χ1) is 30.2. The lowest BCUT2D eigenvalue weighted by Crippen LogP contribution is -2.03. The Balaban J connectivity index is 1.11. The molecule has 0 amide bonds. The first kappa shape index (κ1) is 33.7. The zero-order valence-corrected chi connectivity index (χ0v) is 32.8. The predicted octanol–water partition coefficient (Wildman–Crippen LogP) is 14.6. The van der Waals surface area contributed by atoms with Crippen molar-refractivity contribution in [2.75, 3.05) is 0 Å². The van der Waals surface area contributed by atoms with Gasteiger partial charge in [-0.05, 0) is 82.7 Å². The third-order valence-electron chi connectivity index (χ3n) is 12.3. The second kappa shape index (κ2) is 13.1. The lowest BCUT2D eigenvalue weighted by atomic mass is 9.91. The predicted molar refractivity (Wildman–Crippen MR) is 250 cm³/mol. The summed E-state index contributed by atoms with van der Waals surface area (Å²) in [5.41, 5.74) is 13.0. The van der Waals surface area contributed by atoms with Gasteiger partial charge in [-0.25, -0.2) is 9.97 Å². The van der Waals surface area contributed by atoms with Crippen LogP contribution in [0.3, 0.4) is 0 Å². The number of benzene rings is 9. The molecule has 3 aromatic heterocycles. The van der Waals surface area contributed by atoms with Crippen LogP contribution in [0.15, 0.2) is 206 Å². The summed E-state index contributed by atoms with van der Waals surface area (Å²) in [7, 11) is 0. The highest BCUT2D eigenvalue weighted by molar-refractivity contribution is 6.26. The molecular weight excluding hydrogens is 745 g/mol. The van der Waals surface area contributed by atoms with E-state index in [1.54, 1.807) is 0 Å². The molecule has 1 aliphatic heterocycles. The molecule has 61 heavy (non-hydrogen) atoms. The third kappa shape index (κ3) is 5.14. The Labute approximate surface area is 351 Å². The normalized spacial score (nSPS) is 12.1. The van der Waals surface area contributed by atoms with Crippen LogP contribution in [0.25, 0.3) is 111 Å². The highest BCUT2D eigenvalue weighted by Gasteiger charge is 2.26. The van der Waals surface area contributed by atoms with E-state index in [1.165, 1.54) is 21.8 Å². The molecule has 12 aromatic rings. The fraction of sp³-hybridized carbons (Fsp3) is 0. The molecular formula is C56H34N4O. The first-order valence-corrected chi connectivity index (χ1v) is 20.7. The quantitative estimate of drug-likeness (QED) is 0.175. The highest BCUT2D eigenvalue weighted by Crippen LogP contribution is 2.51. The van der Waals surface area contributed by atoms with Crippen molar-refractivity contribution in [2.45, 2.75) is 0 Å². The Morgan fingerprint density at radius 2 is 0.967 bits per heavy atom. The summed E-state index contributed by atoms with van der Waals surface area (Å²) in [5.74, 6) is 3.20. The Kier molecular flexibility index (Phi) is 7.24. The van der Waals surface area contributed by atoms with Gasteiger partial charge in [0.05, 0.1) is 27.8 Å². The van der Waals surface area contributed by atoms with Crippen molar-refractivity contribution >= 4 is 54.4 Å². The molecule has 0 fully saturated rings. The first-order valence-electron chi connectivity index (χ1n) is 20.7. The van der Waals surface area contributed by atoms with Crippen LogP contribution in [0, 0.1) is 0 Å². The van der Waals surface area contributed by atoms with E-state index in [4.69, 9.17) is 14.7 Å². The molecule has 0 radical (unpaired) electrons. The zero-order valence-electron chi connectivity index (χ0n) is 32.8. The molecule has 13 rings (SSSR count). The van der Waals surface area contributed by atoms with Gasteiger partial charge in [0.2, 0.25) is 0 Å². The fourth-order valence-corrected chi connectivity index (χ4v) is 9.61. The summed E-state index contributed by atoms with van der Waals surface area (Å²) >= 11 is 0. The summed E-state index contributed by atoms with van der Waals surface area (Å²) in [4.78, 5) is 10.5. The molecule has 4 heterocycles. The third-order valence-corrected chi connectivity index (χ3v) is 12.3. The minimum Gasteiger partial charge on any atom is -0.456 e. The van der Waals surface area contributed by atoms with Gasteiger partial charge >= 0.3 is 0 Å². The van der Waals surface area contributed by atoms with E-state index in [2.05, 4.69) is 185 Å². The number of fused-ring (bicyclic) bond motifs is 9. The minimum absolute atomic E-state index is 0.676. The molecule has 0 atom stereocenters. The standard InChI is InChI=1S/C56H34N4O/c1-4-15-35(16-5-1)46-34-53(58-56(57-46)36-17-6-2-7-18-36)60-49-30-28-38(37-27-29-48-43(31-37)40-21-10-12-24-47(40)59(48)39-19-8-3-9-20-39)32-45(49)54-42-23-14-26-52-55(42)44(33-50(54)60)41-22-11-13-25-51(41)61-52/h1-34H. The van der Waals surface area contributed by atoms with Crippen LogP contribution < -0.4 is 4.74 Å². The molecule has 284 valence electrons. The van der Waals surface area contributed by atoms with Gasteiger partial charge < -0.3 is 9.30 Å². The summed E-state index contributed by atoms with van der Waals surface area (Å²) < 4.78 is 11.3. The van der Waals surface area contributed by atoms with Gasteiger partial charge in [-0.1, -0.05) is 140 Å². The Morgan fingerprint density at radius 3 is 1.77 bits per heavy atom. The van der Waals surface area contributed by atoms with Crippen LogP contribution in [-0.4, -0.2) is 19.1 Å². The number of hydrogen-bond donors (Lipinski definition) is 0. The van der Waals surface area contributed by atoms with Crippen LogP contribution >= 0.6 is 0 Å². The molecule has 5 nitrogen and oxygen atoms in total. The Morgan fingerprint density at radius 1 is 0.344 bits per heavy atom. The van der Waals surface area contributed by atoms with Crippen molar-refractivity contribution in [1.82, 2.24) is 19.1 Å². The lowest BCUT2D eigenvalue weighted by Gasteiger charge is -2.22. The van der Waals surface area contributed by atoms with Gasteiger partial charge in [-0.15, -0.1) is 0 Å². The maximum atomic E-state index is 6.60. The summed E-state index contributed by atoms with van der Waals surface area (Å²) in [6.45, 7) is 0. The molecule has 1 aliphatic rings. The van der Waals surface area contributed by atoms with Gasteiger partial charge in [0, 0.05) is 55.4 Å². The topological polar surface area (TPSA) is 44.9 Å². The van der Waals surface area contributed by atoms with Crippen molar-refractivity contribution in [1.29, 1.82) is 0 Å². The number of rotatable bonds is 5. The van der Waals surface area contributed by atoms with Gasteiger partial charge in [0.25, 0.3) is 0 Å². The second-order valence-corrected chi connectivity index (χ2v) is 15.7. The van der Waals surface area contributed by atoms with Crippen molar-refractivity contribution in [3.8, 4) is 67.9 Å². The number of ether oxygens (including phenoxy) is 1. The molecule has 0 unspecified atom stereocenters. The van der Waals surface area contributed by atoms with Crippen LogP contribution in [0.1, 0.15) is 0 Å². The van der Waals surface area contributed by atoms with Crippen LogP contribution in [0.2, 0.25) is 0 Å². The summed E-state index contributed by atoms with van der Waals surface area (Å²) in [6, 6.07) is 73.1. The van der Waals surface area contributed by atoms with E-state index in [0.717, 1.165) is 94.7 Å². The van der Waals surface area contributed by atoms with E-state index >= 15 is 0 Å². The molecule has 0 bridgehead atoms. The molecule has 0 saturated heterocycles. The van der Waals surface area contributed by atoms with Gasteiger partial charge in [0.1, 0.15) is 17.3 Å². The number of hydrogen-bond acceptors (Lipinski definition) is 3. The number of para-hydroxylation sites is 3. The summed E-state index contributed by atoms with van der Waals surface area (Å²) in [5, 5.41) is 7.01. The average molecular weight is 779 g/mol. The molecule has 0 aliphatic carbocycles. The fourth-order valence-electron chi connectivity index (χ4n) is 9.61. The maximum absolute atomic E-state index is 6.60. The Bertz CT molecular complexity index is 3660. The van der Waals surface area contributed by atoms with Crippen LogP contribution in [-0.2, 0) is 0 Å². The Hall–Kier alpha value is -8.28. The van der Waals surface area contributed by atoms with E-state index < -0.39 is 0 Å². The second-order valence-electron chi connectivity index (χ2n) is 15.7. The molecule has 9 aromatic carbocycles. The van der Waals surface area contributed by atoms with Crippen molar-refractivity contribution in [3.63, 3.8) is 0 Å². The zero-order chi connectivity index (χ0) is 40.0. The molecule has 5 heteroatoms. The van der Waals surface area contributed by atoms with Crippen molar-refractivity contribution in [2.24, 2.45) is 0 Å². The van der Waals surface area contributed by atoms with E-state index in [9.17, 15) is 0 Å². The summed E-state index contributed by atoms with van der Waals surface area (Å²) in [6.07, 6.45) is 0. The average Bonchev–Trinajstić information content (AvgIpc) is 3.84. The molecule has 0 N–H and O–H groups in total. The maximum Gasteiger partial charge on any atom is 0.162 e. The van der Waals surface area contributed by atoms with Crippen molar-refractivity contribution < 1.29 is 4.74 Å². The van der Waals surface area contributed by atoms with Crippen LogP contribution in [0.5, 0.6) is 11.5 Å². The van der Waals surface area contributed by atoms with Crippen molar-refractivity contribution in [3.05, 3.63) is 206 Å². The monoisotopic (exact) mass is 778 g/mol. The van der Waals surface area contributed by atoms with E-state index in [1.807, 2.05) is 30.3 Å². The largest absolute Gasteiger partial charge is 0.456 e. The minimum atomic E-state index is 0.676. The molecule has 0 spiro atoms. The molecule has 0 saturated carbocycles. The number of aromatic nitrogens is 4. The van der Waals surface area contributed by atoms with Gasteiger partial charge in [-0.3, -0.25) is 4.57 Å². The van der Waals surface area contributed by atoms with Crippen LogP contribution in [0.4, 0.5) is 0 Å². The smallest absolute Gasteiger partial charge is 0.162 e. The number of nitrogens with zero attached hydrogens (tertiary/aromatic N) is 4. The SMILES string of the molecule is c1ccc(-c2cc(-n3c4ccc(-c5ccc6c(c5)c5ccccc5n6-c5ccccc5)cc4c4c5cccc6c5c(cc43)-c3ccccc3O6)nc(-c3ccccc3)n2)cc1. The van der Waals surface area contributed by atoms with E-state index in [0.29, 0.717) is 5.82 Å².